The number of rotatable bonds is 3. The number of benzene rings is 1. The summed E-state index contributed by atoms with van der Waals surface area (Å²) in [5.74, 6) is 1.06. The molecule has 134 valence electrons. The van der Waals surface area contributed by atoms with Crippen LogP contribution in [0.2, 0.25) is 0 Å². The zero-order chi connectivity index (χ0) is 17.7. The number of carbonyl (C=O) groups excluding carboxylic acids is 1. The summed E-state index contributed by atoms with van der Waals surface area (Å²) in [5.41, 5.74) is 2.01. The van der Waals surface area contributed by atoms with Crippen molar-refractivity contribution in [3.05, 3.63) is 63.3 Å². The number of hydrogen-bond acceptors (Lipinski definition) is 5. The van der Waals surface area contributed by atoms with Crippen molar-refractivity contribution in [3.63, 3.8) is 0 Å². The highest BCUT2D eigenvalue weighted by Crippen LogP contribution is 2.44. The third-order valence-electron chi connectivity index (χ3n) is 5.75. The van der Waals surface area contributed by atoms with Crippen LogP contribution in [-0.2, 0) is 16.9 Å². The van der Waals surface area contributed by atoms with E-state index in [0.717, 1.165) is 55.9 Å². The van der Waals surface area contributed by atoms with Crippen LogP contribution in [0.5, 0.6) is 0 Å². The van der Waals surface area contributed by atoms with E-state index in [4.69, 9.17) is 4.74 Å². The van der Waals surface area contributed by atoms with E-state index in [1.165, 1.54) is 0 Å². The maximum absolute atomic E-state index is 12.2. The second-order valence-corrected chi connectivity index (χ2v) is 7.60. The Labute approximate surface area is 151 Å². The number of nitrogens with zero attached hydrogens (tertiary/aromatic N) is 2. The van der Waals surface area contributed by atoms with Gasteiger partial charge in [0, 0.05) is 50.0 Å². The van der Waals surface area contributed by atoms with Gasteiger partial charge in [0.2, 0.25) is 0 Å². The van der Waals surface area contributed by atoms with Gasteiger partial charge in [-0.3, -0.25) is 9.69 Å². The normalized spacial score (nSPS) is 21.6. The second-order valence-electron chi connectivity index (χ2n) is 7.60. The first kappa shape index (κ1) is 15.8. The molecule has 1 aromatic heterocycles. The molecular formula is C20H21N3O3. The average molecular weight is 351 g/mol. The minimum Gasteiger partial charge on any atom is -0.450 e. The highest BCUT2D eigenvalue weighted by Gasteiger charge is 2.47. The van der Waals surface area contributed by atoms with Gasteiger partial charge >= 0.3 is 5.97 Å². The molecule has 1 spiro atoms. The quantitative estimate of drug-likeness (QED) is 0.859. The van der Waals surface area contributed by atoms with Crippen molar-refractivity contribution in [2.45, 2.75) is 43.7 Å². The molecule has 2 aliphatic heterocycles. The van der Waals surface area contributed by atoms with Crippen LogP contribution < -0.4 is 5.56 Å². The van der Waals surface area contributed by atoms with Gasteiger partial charge in [0.25, 0.3) is 5.56 Å². The van der Waals surface area contributed by atoms with Gasteiger partial charge in [-0.1, -0.05) is 18.2 Å². The molecule has 1 aliphatic carbocycles. The van der Waals surface area contributed by atoms with Gasteiger partial charge in [-0.25, -0.2) is 9.78 Å². The molecule has 0 atom stereocenters. The summed E-state index contributed by atoms with van der Waals surface area (Å²) in [4.78, 5) is 33.9. The third-order valence-corrected chi connectivity index (χ3v) is 5.75. The molecule has 1 aromatic carbocycles. The highest BCUT2D eigenvalue weighted by atomic mass is 16.6. The van der Waals surface area contributed by atoms with Crippen molar-refractivity contribution in [1.82, 2.24) is 14.9 Å². The maximum Gasteiger partial charge on any atom is 0.339 e. The molecule has 1 saturated heterocycles. The first-order chi connectivity index (χ1) is 12.6. The Bertz CT molecular complexity index is 924. The standard InChI is InChI=1S/C20H21N3O3/c24-17-11-14(21-18(22-17)13-5-6-13)12-23-9-7-20(8-10-23)16-4-2-1-3-15(16)19(25)26-20/h1-4,11,13H,5-10,12H2,(H,21,22,24). The van der Waals surface area contributed by atoms with Crippen molar-refractivity contribution < 1.29 is 9.53 Å². The van der Waals surface area contributed by atoms with Crippen molar-refractivity contribution >= 4 is 5.97 Å². The van der Waals surface area contributed by atoms with Gasteiger partial charge in [0.05, 0.1) is 11.3 Å². The van der Waals surface area contributed by atoms with Crippen LogP contribution in [0.25, 0.3) is 0 Å². The van der Waals surface area contributed by atoms with Crippen LogP contribution in [0.3, 0.4) is 0 Å². The Morgan fingerprint density at radius 3 is 2.73 bits per heavy atom. The topological polar surface area (TPSA) is 75.3 Å². The monoisotopic (exact) mass is 351 g/mol. The summed E-state index contributed by atoms with van der Waals surface area (Å²) in [7, 11) is 0. The Morgan fingerprint density at radius 2 is 1.96 bits per heavy atom. The number of H-pyrrole nitrogens is 1. The molecule has 6 heteroatoms. The molecule has 2 aromatic rings. The first-order valence-electron chi connectivity index (χ1n) is 9.28. The summed E-state index contributed by atoms with van der Waals surface area (Å²) in [6.45, 7) is 2.29. The van der Waals surface area contributed by atoms with Gasteiger partial charge in [-0.2, -0.15) is 0 Å². The number of carbonyl (C=O) groups is 1. The fraction of sp³-hybridized carbons (Fsp3) is 0.450. The minimum absolute atomic E-state index is 0.0657. The van der Waals surface area contributed by atoms with Crippen molar-refractivity contribution in [1.29, 1.82) is 0 Å². The van der Waals surface area contributed by atoms with Gasteiger partial charge < -0.3 is 9.72 Å². The molecule has 1 saturated carbocycles. The zero-order valence-corrected chi connectivity index (χ0v) is 14.5. The van der Waals surface area contributed by atoms with E-state index in [9.17, 15) is 9.59 Å². The average Bonchev–Trinajstić information content (AvgIpc) is 3.45. The van der Waals surface area contributed by atoms with E-state index < -0.39 is 5.60 Å². The van der Waals surface area contributed by atoms with Crippen LogP contribution in [0.4, 0.5) is 0 Å². The summed E-state index contributed by atoms with van der Waals surface area (Å²) < 4.78 is 5.80. The van der Waals surface area contributed by atoms with Crippen LogP contribution >= 0.6 is 0 Å². The van der Waals surface area contributed by atoms with Crippen molar-refractivity contribution in [2.24, 2.45) is 0 Å². The maximum atomic E-state index is 12.2. The van der Waals surface area contributed by atoms with Gasteiger partial charge in [0.1, 0.15) is 11.4 Å². The molecule has 0 bridgehead atoms. The summed E-state index contributed by atoms with van der Waals surface area (Å²) in [6, 6.07) is 9.30. The number of likely N-dealkylation sites (tertiary alicyclic amines) is 1. The zero-order valence-electron chi connectivity index (χ0n) is 14.5. The van der Waals surface area contributed by atoms with E-state index in [2.05, 4.69) is 14.9 Å². The van der Waals surface area contributed by atoms with Gasteiger partial charge in [-0.15, -0.1) is 0 Å². The highest BCUT2D eigenvalue weighted by molar-refractivity contribution is 5.94. The fourth-order valence-corrected chi connectivity index (χ4v) is 4.18. The number of piperidine rings is 1. The number of fused-ring (bicyclic) bond motifs is 2. The molecule has 0 unspecified atom stereocenters. The Balaban J connectivity index is 1.31. The van der Waals surface area contributed by atoms with Crippen LogP contribution in [0, 0.1) is 0 Å². The smallest absolute Gasteiger partial charge is 0.339 e. The lowest BCUT2D eigenvalue weighted by molar-refractivity contribution is -0.0442. The molecule has 3 heterocycles. The number of aromatic nitrogens is 2. The van der Waals surface area contributed by atoms with Crippen molar-refractivity contribution in [2.75, 3.05) is 13.1 Å². The number of esters is 1. The Kier molecular flexibility index (Phi) is 3.50. The summed E-state index contributed by atoms with van der Waals surface area (Å²) in [6.07, 6.45) is 3.77. The van der Waals surface area contributed by atoms with E-state index in [1.807, 2.05) is 24.3 Å². The first-order valence-corrected chi connectivity index (χ1v) is 9.28. The SMILES string of the molecule is O=C1OC2(CCN(Cc3cc(=O)[nH]c(C4CC4)n3)CC2)c2ccccc21. The fourth-order valence-electron chi connectivity index (χ4n) is 4.18. The molecule has 0 amide bonds. The summed E-state index contributed by atoms with van der Waals surface area (Å²) in [5, 5.41) is 0. The van der Waals surface area contributed by atoms with E-state index in [0.29, 0.717) is 18.0 Å². The van der Waals surface area contributed by atoms with Crippen LogP contribution in [0.1, 0.15) is 59.0 Å². The lowest BCUT2D eigenvalue weighted by Crippen LogP contribution is -2.42. The minimum atomic E-state index is -0.481. The lowest BCUT2D eigenvalue weighted by atomic mass is 9.84. The molecule has 26 heavy (non-hydrogen) atoms. The van der Waals surface area contributed by atoms with Gasteiger partial charge in [-0.05, 0) is 18.9 Å². The van der Waals surface area contributed by atoms with E-state index in [1.54, 1.807) is 6.07 Å². The second kappa shape index (κ2) is 5.77. The molecule has 1 N–H and O–H groups in total. The molecule has 2 fully saturated rings. The molecular weight excluding hydrogens is 330 g/mol. The number of aromatic amines is 1. The molecule has 3 aliphatic rings. The Morgan fingerprint density at radius 1 is 1.19 bits per heavy atom. The predicted octanol–water partition coefficient (Wildman–Crippen LogP) is 2.31. The Hall–Kier alpha value is -2.47. The van der Waals surface area contributed by atoms with E-state index in [-0.39, 0.29) is 11.5 Å². The number of nitrogens with one attached hydrogen (secondary N) is 1. The van der Waals surface area contributed by atoms with Crippen LogP contribution in [0.15, 0.2) is 35.1 Å². The van der Waals surface area contributed by atoms with Crippen molar-refractivity contribution in [3.8, 4) is 0 Å². The van der Waals surface area contributed by atoms with Crippen LogP contribution in [-0.4, -0.2) is 33.9 Å². The number of ether oxygens (including phenoxy) is 1. The van der Waals surface area contributed by atoms with E-state index >= 15 is 0 Å². The largest absolute Gasteiger partial charge is 0.450 e. The molecule has 5 rings (SSSR count). The molecule has 0 radical (unpaired) electrons. The lowest BCUT2D eigenvalue weighted by Gasteiger charge is -2.38. The number of hydrogen-bond donors (Lipinski definition) is 1. The summed E-state index contributed by atoms with van der Waals surface area (Å²) >= 11 is 0. The predicted molar refractivity (Wildman–Crippen MR) is 94.9 cm³/mol. The van der Waals surface area contributed by atoms with Gasteiger partial charge in [0.15, 0.2) is 0 Å². The molecule has 6 nitrogen and oxygen atoms in total. The third kappa shape index (κ3) is 2.65.